The number of amides is 1. The second-order valence-electron chi connectivity index (χ2n) is 6.93. The van der Waals surface area contributed by atoms with Gasteiger partial charge in [0.05, 0.1) is 10.2 Å². The monoisotopic (exact) mass is 435 g/mol. The van der Waals surface area contributed by atoms with Crippen molar-refractivity contribution in [3.8, 4) is 0 Å². The SMILES string of the molecule is CCc1cccc2sc(N(CCN(CC)CC)C(=O)c3nn(C)cc3C)nc12.Cl. The van der Waals surface area contributed by atoms with Gasteiger partial charge in [-0.05, 0) is 38.1 Å². The summed E-state index contributed by atoms with van der Waals surface area (Å²) in [5.41, 5.74) is 3.60. The Morgan fingerprint density at radius 2 is 1.90 bits per heavy atom. The molecule has 2 aromatic heterocycles. The molecule has 0 unspecified atom stereocenters. The standard InChI is InChI=1S/C21H29N5OS.ClH/c1-6-16-10-9-11-17-19(16)22-21(28-17)26(13-12-25(7-2)8-3)20(27)18-15(4)14-24(5)23-18;/h9-11,14H,6-8,12-13H2,1-5H3;1H. The number of aromatic nitrogens is 3. The second-order valence-corrected chi connectivity index (χ2v) is 7.94. The van der Waals surface area contributed by atoms with E-state index >= 15 is 0 Å². The molecule has 0 bridgehead atoms. The van der Waals surface area contributed by atoms with Crippen LogP contribution in [0.3, 0.4) is 0 Å². The van der Waals surface area contributed by atoms with Crippen LogP contribution in [0.1, 0.15) is 42.4 Å². The highest BCUT2D eigenvalue weighted by Gasteiger charge is 2.25. The molecule has 158 valence electrons. The van der Waals surface area contributed by atoms with Gasteiger partial charge in [0, 0.05) is 31.9 Å². The molecule has 0 aliphatic heterocycles. The van der Waals surface area contributed by atoms with Crippen LogP contribution in [0.4, 0.5) is 5.13 Å². The number of hydrogen-bond donors (Lipinski definition) is 0. The minimum absolute atomic E-state index is 0. The van der Waals surface area contributed by atoms with E-state index in [2.05, 4.69) is 49.0 Å². The van der Waals surface area contributed by atoms with Gasteiger partial charge in [0.2, 0.25) is 0 Å². The number of anilines is 1. The summed E-state index contributed by atoms with van der Waals surface area (Å²) < 4.78 is 2.81. The Morgan fingerprint density at radius 1 is 1.17 bits per heavy atom. The minimum atomic E-state index is -0.0811. The number of likely N-dealkylation sites (N-methyl/N-ethyl adjacent to an activating group) is 1. The summed E-state index contributed by atoms with van der Waals surface area (Å²) in [6.07, 6.45) is 2.80. The summed E-state index contributed by atoms with van der Waals surface area (Å²) in [4.78, 5) is 22.4. The third-order valence-corrected chi connectivity index (χ3v) is 6.14. The molecule has 0 radical (unpaired) electrons. The van der Waals surface area contributed by atoms with Gasteiger partial charge in [-0.2, -0.15) is 5.10 Å². The van der Waals surface area contributed by atoms with Crippen molar-refractivity contribution in [2.24, 2.45) is 7.05 Å². The summed E-state index contributed by atoms with van der Waals surface area (Å²) in [7, 11) is 1.84. The Balaban J connectivity index is 0.00000300. The predicted octanol–water partition coefficient (Wildman–Crippen LogP) is 4.31. The average molecular weight is 436 g/mol. The molecule has 3 rings (SSSR count). The number of carbonyl (C=O) groups excluding carboxylic acids is 1. The highest BCUT2D eigenvalue weighted by Crippen LogP contribution is 2.32. The number of fused-ring (bicyclic) bond motifs is 1. The lowest BCUT2D eigenvalue weighted by Gasteiger charge is -2.24. The first-order valence-electron chi connectivity index (χ1n) is 9.91. The highest BCUT2D eigenvalue weighted by molar-refractivity contribution is 7.22. The van der Waals surface area contributed by atoms with Crippen molar-refractivity contribution in [2.75, 3.05) is 31.1 Å². The Morgan fingerprint density at radius 3 is 2.48 bits per heavy atom. The van der Waals surface area contributed by atoms with E-state index in [4.69, 9.17) is 4.98 Å². The molecule has 0 aliphatic rings. The van der Waals surface area contributed by atoms with Gasteiger partial charge in [-0.1, -0.05) is 44.2 Å². The molecule has 29 heavy (non-hydrogen) atoms. The number of carbonyl (C=O) groups is 1. The van der Waals surface area contributed by atoms with Crippen molar-refractivity contribution in [3.05, 3.63) is 41.2 Å². The molecule has 0 saturated carbocycles. The van der Waals surface area contributed by atoms with Gasteiger partial charge >= 0.3 is 0 Å². The van der Waals surface area contributed by atoms with Crippen LogP contribution in [0.5, 0.6) is 0 Å². The second kappa shape index (κ2) is 10.2. The van der Waals surface area contributed by atoms with E-state index in [9.17, 15) is 4.79 Å². The number of nitrogens with zero attached hydrogens (tertiary/aromatic N) is 5. The Bertz CT molecular complexity index is 963. The number of rotatable bonds is 8. The molecule has 3 aromatic rings. The quantitative estimate of drug-likeness (QED) is 0.529. The third-order valence-electron chi connectivity index (χ3n) is 5.10. The lowest BCUT2D eigenvalue weighted by Crippen LogP contribution is -2.39. The molecule has 0 aliphatic carbocycles. The van der Waals surface area contributed by atoms with E-state index in [0.29, 0.717) is 12.2 Å². The lowest BCUT2D eigenvalue weighted by atomic mass is 10.1. The van der Waals surface area contributed by atoms with E-state index in [1.165, 1.54) is 5.56 Å². The zero-order chi connectivity index (χ0) is 20.3. The number of hydrogen-bond acceptors (Lipinski definition) is 5. The Kier molecular flexibility index (Phi) is 8.19. The van der Waals surface area contributed by atoms with E-state index in [1.54, 1.807) is 20.9 Å². The molecule has 0 saturated heterocycles. The topological polar surface area (TPSA) is 54.3 Å². The molecule has 1 aromatic carbocycles. The predicted molar refractivity (Wildman–Crippen MR) is 124 cm³/mol. The van der Waals surface area contributed by atoms with Crippen LogP contribution < -0.4 is 4.90 Å². The van der Waals surface area contributed by atoms with Gasteiger partial charge in [-0.15, -0.1) is 12.4 Å². The number of thiazole rings is 1. The first-order chi connectivity index (χ1) is 13.5. The molecule has 2 heterocycles. The summed E-state index contributed by atoms with van der Waals surface area (Å²) in [5.74, 6) is -0.0811. The lowest BCUT2D eigenvalue weighted by molar-refractivity contribution is 0.0977. The van der Waals surface area contributed by atoms with Crippen molar-refractivity contribution in [2.45, 2.75) is 34.1 Å². The molecule has 6 nitrogen and oxygen atoms in total. The van der Waals surface area contributed by atoms with Crippen LogP contribution in [-0.4, -0.2) is 51.8 Å². The average Bonchev–Trinajstić information content (AvgIpc) is 3.27. The molecule has 0 fully saturated rings. The van der Waals surface area contributed by atoms with Gasteiger partial charge < -0.3 is 4.90 Å². The van der Waals surface area contributed by atoms with Crippen LogP contribution in [0.15, 0.2) is 24.4 Å². The smallest absolute Gasteiger partial charge is 0.280 e. The zero-order valence-corrected chi connectivity index (χ0v) is 19.4. The Labute approximate surface area is 182 Å². The fraction of sp³-hybridized carbons (Fsp3) is 0.476. The largest absolute Gasteiger partial charge is 0.302 e. The maximum Gasteiger partial charge on any atom is 0.280 e. The number of para-hydroxylation sites is 1. The maximum atomic E-state index is 13.4. The van der Waals surface area contributed by atoms with E-state index in [-0.39, 0.29) is 18.3 Å². The maximum absolute atomic E-state index is 13.4. The number of aryl methyl sites for hydroxylation is 3. The van der Waals surface area contributed by atoms with Gasteiger partial charge in [-0.25, -0.2) is 4.98 Å². The van der Waals surface area contributed by atoms with Crippen molar-refractivity contribution in [1.29, 1.82) is 0 Å². The van der Waals surface area contributed by atoms with Crippen molar-refractivity contribution < 1.29 is 4.79 Å². The molecular formula is C21H30ClN5OS. The summed E-state index contributed by atoms with van der Waals surface area (Å²) in [5, 5.41) is 5.15. The molecule has 0 atom stereocenters. The van der Waals surface area contributed by atoms with E-state index in [0.717, 1.165) is 47.0 Å². The van der Waals surface area contributed by atoms with Crippen molar-refractivity contribution in [3.63, 3.8) is 0 Å². The Hall–Kier alpha value is -1.96. The first-order valence-corrected chi connectivity index (χ1v) is 10.7. The molecule has 1 amide bonds. The molecular weight excluding hydrogens is 406 g/mol. The fourth-order valence-corrected chi connectivity index (χ4v) is 4.44. The molecule has 0 N–H and O–H groups in total. The first kappa shape index (κ1) is 23.3. The van der Waals surface area contributed by atoms with Crippen molar-refractivity contribution >= 4 is 45.0 Å². The summed E-state index contributed by atoms with van der Waals surface area (Å²) in [6, 6.07) is 6.25. The van der Waals surface area contributed by atoms with Gasteiger partial charge in [0.1, 0.15) is 0 Å². The minimum Gasteiger partial charge on any atom is -0.302 e. The van der Waals surface area contributed by atoms with Crippen LogP contribution in [0, 0.1) is 6.92 Å². The highest BCUT2D eigenvalue weighted by atomic mass is 35.5. The fourth-order valence-electron chi connectivity index (χ4n) is 3.41. The summed E-state index contributed by atoms with van der Waals surface area (Å²) >= 11 is 1.58. The van der Waals surface area contributed by atoms with Gasteiger partial charge in [0.25, 0.3) is 5.91 Å². The van der Waals surface area contributed by atoms with Gasteiger partial charge in [-0.3, -0.25) is 14.4 Å². The van der Waals surface area contributed by atoms with E-state index < -0.39 is 0 Å². The van der Waals surface area contributed by atoms with Crippen LogP contribution in [0.25, 0.3) is 10.2 Å². The van der Waals surface area contributed by atoms with Crippen molar-refractivity contribution in [1.82, 2.24) is 19.7 Å². The van der Waals surface area contributed by atoms with Crippen LogP contribution >= 0.6 is 23.7 Å². The van der Waals surface area contributed by atoms with Crippen LogP contribution in [0.2, 0.25) is 0 Å². The van der Waals surface area contributed by atoms with Gasteiger partial charge in [0.15, 0.2) is 10.8 Å². The number of benzene rings is 1. The third kappa shape index (κ3) is 4.97. The normalized spacial score (nSPS) is 11.1. The zero-order valence-electron chi connectivity index (χ0n) is 17.8. The van der Waals surface area contributed by atoms with E-state index in [1.807, 2.05) is 20.2 Å². The number of halogens is 1. The molecule has 8 heteroatoms. The molecule has 0 spiro atoms. The van der Waals surface area contributed by atoms with Crippen LogP contribution in [-0.2, 0) is 13.5 Å². The summed E-state index contributed by atoms with van der Waals surface area (Å²) in [6.45, 7) is 11.7.